The average molecular weight is 643 g/mol. The predicted molar refractivity (Wildman–Crippen MR) is 131 cm³/mol. The Labute approximate surface area is 235 Å². The molecule has 0 fully saturated rings. The van der Waals surface area contributed by atoms with Crippen LogP contribution >= 0.6 is 0 Å². The molecule has 43 heavy (non-hydrogen) atoms. The van der Waals surface area contributed by atoms with Gasteiger partial charge in [-0.1, -0.05) is 35.4 Å². The van der Waals surface area contributed by atoms with Crippen molar-refractivity contribution in [1.29, 1.82) is 0 Å². The minimum Gasteiger partial charge on any atom is -0.338 e. The highest BCUT2D eigenvalue weighted by molar-refractivity contribution is 6.11. The average Bonchev–Trinajstić information content (AvgIpc) is 2.79. The van der Waals surface area contributed by atoms with Gasteiger partial charge < -0.3 is 5.32 Å². The number of nitrogens with zero attached hydrogens (tertiary/aromatic N) is 2. The summed E-state index contributed by atoms with van der Waals surface area (Å²) in [5.41, 5.74) is -1.37. The van der Waals surface area contributed by atoms with Gasteiger partial charge in [0.05, 0.1) is 5.69 Å². The lowest BCUT2D eigenvalue weighted by atomic mass is 10.0. The molecule has 0 unspecified atom stereocenters. The van der Waals surface area contributed by atoms with Crippen LogP contribution in [-0.2, 0) is 0 Å². The van der Waals surface area contributed by atoms with E-state index >= 15 is 17.6 Å². The third-order valence-corrected chi connectivity index (χ3v) is 6.07. The molecule has 0 bridgehead atoms. The Morgan fingerprint density at radius 3 is 1.26 bits per heavy atom. The lowest BCUT2D eigenvalue weighted by Gasteiger charge is -2.31. The standard InChI is InChI=1S/C26H23F14N3/c1-11-7-13(3)17(14(4)8-11)41-19(21(27,28)23(31,32)25(35,36)37)43-20(22(29,30)24(33,34)26(38,39)40)42-18-15(5)9-12(2)10-16(18)6/h7-10H,1-6H3,(H,41,42,43). The molecule has 2 aromatic carbocycles. The number of anilines is 1. The maximum atomic E-state index is 15.0. The van der Waals surface area contributed by atoms with Crippen molar-refractivity contribution in [2.75, 3.05) is 5.32 Å². The summed E-state index contributed by atoms with van der Waals surface area (Å²) >= 11 is 0. The molecule has 0 aliphatic heterocycles. The second kappa shape index (κ2) is 11.3. The van der Waals surface area contributed by atoms with Crippen LogP contribution in [0.4, 0.5) is 72.8 Å². The Bertz CT molecular complexity index is 1390. The summed E-state index contributed by atoms with van der Waals surface area (Å²) in [5.74, 6) is -33.7. The molecule has 0 atom stereocenters. The van der Waals surface area contributed by atoms with Gasteiger partial charge in [-0.15, -0.1) is 0 Å². The fourth-order valence-corrected chi connectivity index (χ4v) is 4.04. The van der Waals surface area contributed by atoms with Crippen molar-refractivity contribution in [2.24, 2.45) is 9.98 Å². The van der Waals surface area contributed by atoms with Crippen molar-refractivity contribution in [1.82, 2.24) is 0 Å². The number of nitrogens with one attached hydrogen (secondary N) is 1. The van der Waals surface area contributed by atoms with E-state index in [0.717, 1.165) is 39.8 Å². The topological polar surface area (TPSA) is 36.8 Å². The van der Waals surface area contributed by atoms with Crippen LogP contribution in [-0.4, -0.2) is 47.7 Å². The molecular weight excluding hydrogens is 620 g/mol. The first-order valence-electron chi connectivity index (χ1n) is 11.8. The first kappa shape index (κ1) is 35.8. The van der Waals surface area contributed by atoms with E-state index in [2.05, 4.69) is 9.98 Å². The fourth-order valence-electron chi connectivity index (χ4n) is 4.04. The van der Waals surface area contributed by atoms with Gasteiger partial charge >= 0.3 is 36.0 Å². The van der Waals surface area contributed by atoms with Gasteiger partial charge in [0.1, 0.15) is 0 Å². The van der Waals surface area contributed by atoms with E-state index in [-0.39, 0.29) is 22.3 Å². The first-order chi connectivity index (χ1) is 19.1. The van der Waals surface area contributed by atoms with Crippen molar-refractivity contribution < 1.29 is 61.5 Å². The number of hydrogen-bond acceptors (Lipinski definition) is 1. The highest BCUT2D eigenvalue weighted by Gasteiger charge is 2.77. The number of benzene rings is 2. The number of alkyl halides is 14. The lowest BCUT2D eigenvalue weighted by molar-refractivity contribution is -0.337. The summed E-state index contributed by atoms with van der Waals surface area (Å²) < 4.78 is 195. The Hall–Kier alpha value is -3.40. The van der Waals surface area contributed by atoms with Crippen molar-refractivity contribution in [3.05, 3.63) is 57.6 Å². The Morgan fingerprint density at radius 1 is 0.535 bits per heavy atom. The van der Waals surface area contributed by atoms with Crippen molar-refractivity contribution >= 4 is 23.0 Å². The summed E-state index contributed by atoms with van der Waals surface area (Å²) in [6.07, 6.45) is -14.2. The fraction of sp³-hybridized carbons (Fsp3) is 0.462. The molecule has 0 spiro atoms. The van der Waals surface area contributed by atoms with E-state index in [4.69, 9.17) is 0 Å². The smallest absolute Gasteiger partial charge is 0.338 e. The summed E-state index contributed by atoms with van der Waals surface area (Å²) in [4.78, 5) is 5.22. The molecule has 0 amide bonds. The summed E-state index contributed by atoms with van der Waals surface area (Å²) in [7, 11) is 0. The Morgan fingerprint density at radius 2 is 0.884 bits per heavy atom. The molecule has 0 radical (unpaired) electrons. The molecule has 1 N–H and O–H groups in total. The third-order valence-electron chi connectivity index (χ3n) is 6.07. The number of aryl methyl sites for hydroxylation is 6. The van der Waals surface area contributed by atoms with Gasteiger partial charge in [-0.2, -0.15) is 61.5 Å². The molecule has 2 rings (SSSR count). The van der Waals surface area contributed by atoms with Crippen molar-refractivity contribution in [3.8, 4) is 0 Å². The zero-order chi connectivity index (χ0) is 33.7. The van der Waals surface area contributed by atoms with Gasteiger partial charge in [0.25, 0.3) is 0 Å². The van der Waals surface area contributed by atoms with E-state index in [9.17, 15) is 43.9 Å². The molecule has 0 saturated heterocycles. The third kappa shape index (κ3) is 6.59. The molecule has 240 valence electrons. The molecule has 0 aromatic heterocycles. The van der Waals surface area contributed by atoms with Crippen LogP contribution in [0.3, 0.4) is 0 Å². The van der Waals surface area contributed by atoms with E-state index < -0.39 is 59.1 Å². The minimum absolute atomic E-state index is 0.146. The molecule has 2 aromatic rings. The van der Waals surface area contributed by atoms with Gasteiger partial charge in [-0.3, -0.25) is 0 Å². The molecule has 0 saturated carbocycles. The number of rotatable bonds is 6. The number of hydrogen-bond donors (Lipinski definition) is 1. The predicted octanol–water partition coefficient (Wildman–Crippen LogP) is 9.74. The molecule has 3 nitrogen and oxygen atoms in total. The van der Waals surface area contributed by atoms with Crippen LogP contribution in [0.25, 0.3) is 0 Å². The Balaban J connectivity index is 3.14. The highest BCUT2D eigenvalue weighted by atomic mass is 19.4. The van der Waals surface area contributed by atoms with Crippen LogP contribution < -0.4 is 5.32 Å². The molecule has 0 aliphatic rings. The zero-order valence-electron chi connectivity index (χ0n) is 23.0. The number of amidine groups is 2. The van der Waals surface area contributed by atoms with Gasteiger partial charge in [-0.05, 0) is 63.8 Å². The zero-order valence-corrected chi connectivity index (χ0v) is 23.0. The van der Waals surface area contributed by atoms with Crippen LogP contribution in [0.2, 0.25) is 0 Å². The monoisotopic (exact) mass is 643 g/mol. The maximum absolute atomic E-state index is 15.0. The summed E-state index contributed by atoms with van der Waals surface area (Å²) in [5, 5.41) is 1.36. The SMILES string of the molecule is Cc1cc(C)c(N=C(N=C(Nc2c(C)cc(C)cc2C)C(F)(F)C(F)(F)C(F)(F)F)C(F)(F)C(F)(F)C(F)(F)F)c(C)c1. The van der Waals surface area contributed by atoms with Crippen LogP contribution in [0, 0.1) is 41.5 Å². The largest absolute Gasteiger partial charge is 0.460 e. The van der Waals surface area contributed by atoms with Crippen molar-refractivity contribution in [2.45, 2.75) is 77.6 Å². The van der Waals surface area contributed by atoms with E-state index in [1.54, 1.807) is 0 Å². The second-order valence-electron chi connectivity index (χ2n) is 9.83. The summed E-state index contributed by atoms with van der Waals surface area (Å²) in [6.45, 7) is 7.37. The normalized spacial score (nSPS) is 14.8. The maximum Gasteiger partial charge on any atom is 0.460 e. The van der Waals surface area contributed by atoms with Crippen LogP contribution in [0.5, 0.6) is 0 Å². The lowest BCUT2D eigenvalue weighted by Crippen LogP contribution is -2.59. The molecule has 0 heterocycles. The van der Waals surface area contributed by atoms with Gasteiger partial charge in [-0.25, -0.2) is 9.98 Å². The number of aliphatic imine (C=N–C) groups is 2. The van der Waals surface area contributed by atoms with Gasteiger partial charge in [0.15, 0.2) is 5.84 Å². The van der Waals surface area contributed by atoms with E-state index in [0.29, 0.717) is 11.1 Å². The Kier molecular flexibility index (Phi) is 9.38. The van der Waals surface area contributed by atoms with Gasteiger partial charge in [0.2, 0.25) is 5.84 Å². The molecular formula is C26H23F14N3. The summed E-state index contributed by atoms with van der Waals surface area (Å²) in [6, 6.07) is 4.70. The highest BCUT2D eigenvalue weighted by Crippen LogP contribution is 2.50. The molecule has 0 aliphatic carbocycles. The second-order valence-corrected chi connectivity index (χ2v) is 9.83. The van der Waals surface area contributed by atoms with Crippen LogP contribution in [0.1, 0.15) is 33.4 Å². The van der Waals surface area contributed by atoms with Gasteiger partial charge in [0, 0.05) is 5.69 Å². The van der Waals surface area contributed by atoms with Crippen molar-refractivity contribution in [3.63, 3.8) is 0 Å². The first-order valence-corrected chi connectivity index (χ1v) is 11.8. The van der Waals surface area contributed by atoms with E-state index in [1.165, 1.54) is 31.3 Å². The van der Waals surface area contributed by atoms with Crippen LogP contribution in [0.15, 0.2) is 34.3 Å². The number of halogens is 14. The minimum atomic E-state index is -7.11. The van der Waals surface area contributed by atoms with E-state index in [1.807, 2.05) is 0 Å². The quantitative estimate of drug-likeness (QED) is 0.190. The molecule has 17 heteroatoms.